The van der Waals surface area contributed by atoms with E-state index < -0.39 is 0 Å². The van der Waals surface area contributed by atoms with E-state index in [1.54, 1.807) is 35.6 Å². The average Bonchev–Trinajstić information content (AvgIpc) is 3.27. The highest BCUT2D eigenvalue weighted by Crippen LogP contribution is 2.17. The predicted molar refractivity (Wildman–Crippen MR) is 103 cm³/mol. The van der Waals surface area contributed by atoms with Gasteiger partial charge in [-0.25, -0.2) is 9.97 Å². The monoisotopic (exact) mass is 372 g/mol. The lowest BCUT2D eigenvalue weighted by Crippen LogP contribution is -2.28. The van der Waals surface area contributed by atoms with Gasteiger partial charge in [-0.3, -0.25) is 4.79 Å². The zero-order chi connectivity index (χ0) is 17.6. The topological polar surface area (TPSA) is 59.8 Å². The molecule has 2 aromatic heterocycles. The van der Waals surface area contributed by atoms with Crippen molar-refractivity contribution in [2.24, 2.45) is 0 Å². The number of imidazole rings is 1. The number of aryl methyl sites for hydroxylation is 1. The summed E-state index contributed by atoms with van der Waals surface area (Å²) in [6, 6.07) is 8.10. The van der Waals surface area contributed by atoms with Gasteiger partial charge in [0, 0.05) is 29.2 Å². The SMILES string of the molecule is Cc1nc(CSCC(=O)NC(C)c2ccc(-n3ccnc3)cc2)cs1. The second-order valence-electron chi connectivity index (χ2n) is 5.70. The molecule has 25 heavy (non-hydrogen) atoms. The molecule has 0 bridgehead atoms. The number of benzene rings is 1. The van der Waals surface area contributed by atoms with Gasteiger partial charge in [-0.1, -0.05) is 12.1 Å². The summed E-state index contributed by atoms with van der Waals surface area (Å²) in [5.74, 6) is 1.25. The molecule has 3 rings (SSSR count). The smallest absolute Gasteiger partial charge is 0.230 e. The van der Waals surface area contributed by atoms with Crippen LogP contribution in [0.15, 0.2) is 48.4 Å². The van der Waals surface area contributed by atoms with Gasteiger partial charge >= 0.3 is 0 Å². The summed E-state index contributed by atoms with van der Waals surface area (Å²) in [5.41, 5.74) is 3.18. The second kappa shape index (κ2) is 8.31. The van der Waals surface area contributed by atoms with Crippen molar-refractivity contribution in [3.8, 4) is 5.69 Å². The Labute approximate surface area is 155 Å². The molecule has 130 valence electrons. The third kappa shape index (κ3) is 4.93. The summed E-state index contributed by atoms with van der Waals surface area (Å²) < 4.78 is 1.95. The molecule has 1 amide bonds. The molecule has 3 aromatic rings. The van der Waals surface area contributed by atoms with E-state index in [1.165, 1.54) is 0 Å². The van der Waals surface area contributed by atoms with Crippen molar-refractivity contribution < 1.29 is 4.79 Å². The lowest BCUT2D eigenvalue weighted by molar-refractivity contribution is -0.119. The van der Waals surface area contributed by atoms with Crippen LogP contribution < -0.4 is 5.32 Å². The van der Waals surface area contributed by atoms with Gasteiger partial charge in [0.2, 0.25) is 5.91 Å². The fourth-order valence-corrected chi connectivity index (χ4v) is 3.88. The van der Waals surface area contributed by atoms with Gasteiger partial charge in [0.15, 0.2) is 0 Å². The summed E-state index contributed by atoms with van der Waals surface area (Å²) >= 11 is 3.23. The third-order valence-electron chi connectivity index (χ3n) is 3.72. The van der Waals surface area contributed by atoms with E-state index in [0.717, 1.165) is 27.7 Å². The molecule has 1 atom stereocenters. The van der Waals surface area contributed by atoms with E-state index in [0.29, 0.717) is 5.75 Å². The van der Waals surface area contributed by atoms with Crippen LogP contribution in [0.4, 0.5) is 0 Å². The molecule has 0 aliphatic heterocycles. The number of nitrogens with zero attached hydrogens (tertiary/aromatic N) is 3. The standard InChI is InChI=1S/C18H20N4OS2/c1-13(15-3-5-17(6-4-15)22-8-7-19-12-22)20-18(23)11-24-9-16-10-25-14(2)21-16/h3-8,10,12-13H,9,11H2,1-2H3,(H,20,23). The number of rotatable bonds is 7. The Morgan fingerprint density at radius 2 is 2.16 bits per heavy atom. The maximum atomic E-state index is 12.1. The van der Waals surface area contributed by atoms with Crippen molar-refractivity contribution in [1.29, 1.82) is 0 Å². The average molecular weight is 373 g/mol. The fraction of sp³-hybridized carbons (Fsp3) is 0.278. The Morgan fingerprint density at radius 1 is 1.36 bits per heavy atom. The molecule has 0 spiro atoms. The zero-order valence-electron chi connectivity index (χ0n) is 14.2. The number of amides is 1. The van der Waals surface area contributed by atoms with Crippen LogP contribution in [0.25, 0.3) is 5.69 Å². The first-order valence-electron chi connectivity index (χ1n) is 7.98. The molecular weight excluding hydrogens is 352 g/mol. The Balaban J connectivity index is 1.47. The molecular formula is C18H20N4OS2. The minimum atomic E-state index is -0.0218. The Hall–Kier alpha value is -2.12. The minimum Gasteiger partial charge on any atom is -0.349 e. The van der Waals surface area contributed by atoms with Crippen LogP contribution in [0.2, 0.25) is 0 Å². The number of aromatic nitrogens is 3. The maximum absolute atomic E-state index is 12.1. The predicted octanol–water partition coefficient (Wildman–Crippen LogP) is 3.75. The van der Waals surface area contributed by atoms with Crippen molar-refractivity contribution in [2.75, 3.05) is 5.75 Å². The number of hydrogen-bond donors (Lipinski definition) is 1. The first kappa shape index (κ1) is 17.7. The molecule has 1 N–H and O–H groups in total. The number of carbonyl (C=O) groups excluding carboxylic acids is 1. The first-order valence-corrected chi connectivity index (χ1v) is 10.0. The lowest BCUT2D eigenvalue weighted by atomic mass is 10.1. The quantitative estimate of drug-likeness (QED) is 0.686. The van der Waals surface area contributed by atoms with Crippen LogP contribution in [-0.2, 0) is 10.5 Å². The van der Waals surface area contributed by atoms with Crippen molar-refractivity contribution >= 4 is 29.0 Å². The van der Waals surface area contributed by atoms with Gasteiger partial charge in [0.25, 0.3) is 0 Å². The van der Waals surface area contributed by atoms with E-state index in [4.69, 9.17) is 0 Å². The van der Waals surface area contributed by atoms with Gasteiger partial charge in [-0.05, 0) is 31.5 Å². The van der Waals surface area contributed by atoms with E-state index in [2.05, 4.69) is 15.3 Å². The summed E-state index contributed by atoms with van der Waals surface area (Å²) in [6.07, 6.45) is 5.42. The molecule has 0 aliphatic carbocycles. The van der Waals surface area contributed by atoms with E-state index in [1.807, 2.05) is 54.3 Å². The summed E-state index contributed by atoms with van der Waals surface area (Å²) in [5, 5.41) is 6.15. The highest BCUT2D eigenvalue weighted by atomic mass is 32.2. The van der Waals surface area contributed by atoms with Crippen LogP contribution in [0.3, 0.4) is 0 Å². The number of thiazole rings is 1. The van der Waals surface area contributed by atoms with Gasteiger partial charge in [0.05, 0.1) is 28.8 Å². The van der Waals surface area contributed by atoms with Crippen LogP contribution in [-0.4, -0.2) is 26.2 Å². The normalized spacial score (nSPS) is 12.1. The molecule has 7 heteroatoms. The van der Waals surface area contributed by atoms with Gasteiger partial charge < -0.3 is 9.88 Å². The van der Waals surface area contributed by atoms with Crippen LogP contribution in [0.1, 0.15) is 29.2 Å². The van der Waals surface area contributed by atoms with Gasteiger partial charge in [-0.2, -0.15) is 0 Å². The number of nitrogens with one attached hydrogen (secondary N) is 1. The maximum Gasteiger partial charge on any atom is 0.230 e. The van der Waals surface area contributed by atoms with Gasteiger partial charge in [0.1, 0.15) is 0 Å². The molecule has 0 fully saturated rings. The summed E-state index contributed by atoms with van der Waals surface area (Å²) in [6.45, 7) is 3.99. The highest BCUT2D eigenvalue weighted by Gasteiger charge is 2.10. The molecule has 0 radical (unpaired) electrons. The van der Waals surface area contributed by atoms with E-state index >= 15 is 0 Å². The number of carbonyl (C=O) groups is 1. The number of hydrogen-bond acceptors (Lipinski definition) is 5. The number of thioether (sulfide) groups is 1. The molecule has 1 aromatic carbocycles. The van der Waals surface area contributed by atoms with Crippen LogP contribution >= 0.6 is 23.1 Å². The molecule has 0 saturated carbocycles. The fourth-order valence-electron chi connectivity index (χ4n) is 2.44. The Kier molecular flexibility index (Phi) is 5.88. The van der Waals surface area contributed by atoms with Crippen LogP contribution in [0, 0.1) is 6.92 Å². The van der Waals surface area contributed by atoms with Crippen molar-refractivity contribution in [2.45, 2.75) is 25.6 Å². The Morgan fingerprint density at radius 3 is 2.80 bits per heavy atom. The van der Waals surface area contributed by atoms with Crippen molar-refractivity contribution in [3.05, 3.63) is 64.6 Å². The largest absolute Gasteiger partial charge is 0.349 e. The molecule has 0 aliphatic rings. The zero-order valence-corrected chi connectivity index (χ0v) is 15.8. The summed E-state index contributed by atoms with van der Waals surface area (Å²) in [4.78, 5) is 20.6. The first-order chi connectivity index (χ1) is 12.1. The highest BCUT2D eigenvalue weighted by molar-refractivity contribution is 7.99. The molecule has 2 heterocycles. The minimum absolute atomic E-state index is 0.0218. The van der Waals surface area contributed by atoms with E-state index in [-0.39, 0.29) is 11.9 Å². The molecule has 0 saturated heterocycles. The van der Waals surface area contributed by atoms with Crippen molar-refractivity contribution in [3.63, 3.8) is 0 Å². The lowest BCUT2D eigenvalue weighted by Gasteiger charge is -2.15. The summed E-state index contributed by atoms with van der Waals surface area (Å²) in [7, 11) is 0. The second-order valence-corrected chi connectivity index (χ2v) is 7.75. The Bertz CT molecular complexity index is 812. The third-order valence-corrected chi connectivity index (χ3v) is 5.51. The van der Waals surface area contributed by atoms with Crippen molar-refractivity contribution in [1.82, 2.24) is 19.9 Å². The van der Waals surface area contributed by atoms with Gasteiger partial charge in [-0.15, -0.1) is 23.1 Å². The van der Waals surface area contributed by atoms with E-state index in [9.17, 15) is 4.79 Å². The molecule has 1 unspecified atom stereocenters. The molecule has 5 nitrogen and oxygen atoms in total. The van der Waals surface area contributed by atoms with Crippen LogP contribution in [0.5, 0.6) is 0 Å².